The summed E-state index contributed by atoms with van der Waals surface area (Å²) in [5.41, 5.74) is 7.32. The van der Waals surface area contributed by atoms with Crippen LogP contribution in [0, 0.1) is 0 Å². The smallest absolute Gasteiger partial charge is 0.326 e. The van der Waals surface area contributed by atoms with E-state index in [2.05, 4.69) is 5.32 Å². The molecule has 4 N–H and O–H groups in total. The third-order valence-corrected chi connectivity index (χ3v) is 3.15. The molecule has 0 bridgehead atoms. The first-order valence-corrected chi connectivity index (χ1v) is 6.89. The van der Waals surface area contributed by atoms with Crippen molar-refractivity contribution in [3.63, 3.8) is 0 Å². The number of carbonyl (C=O) groups excluding carboxylic acids is 1. The third kappa shape index (κ3) is 6.27. The van der Waals surface area contributed by atoms with E-state index in [1.54, 1.807) is 13.2 Å². The minimum absolute atomic E-state index is 0.211. The molecule has 0 heterocycles. The number of anilines is 1. The average Bonchev–Trinajstić information content (AvgIpc) is 2.45. The fraction of sp³-hybridized carbons (Fsp3) is 0.467. The first-order valence-electron chi connectivity index (χ1n) is 6.89. The number of carbonyl (C=O) groups is 2. The van der Waals surface area contributed by atoms with Crippen molar-refractivity contribution in [1.29, 1.82) is 0 Å². The van der Waals surface area contributed by atoms with Gasteiger partial charge < -0.3 is 20.9 Å². The summed E-state index contributed by atoms with van der Waals surface area (Å²) >= 11 is 0. The summed E-state index contributed by atoms with van der Waals surface area (Å²) in [4.78, 5) is 22.9. The number of carboxylic acids is 1. The van der Waals surface area contributed by atoms with Crippen LogP contribution in [0.15, 0.2) is 24.3 Å². The number of hydrogen-bond donors (Lipinski definition) is 3. The van der Waals surface area contributed by atoms with Gasteiger partial charge in [0.1, 0.15) is 6.04 Å². The van der Waals surface area contributed by atoms with Crippen molar-refractivity contribution in [2.45, 2.75) is 31.7 Å². The van der Waals surface area contributed by atoms with Crippen LogP contribution >= 0.6 is 0 Å². The minimum Gasteiger partial charge on any atom is -0.480 e. The molecule has 1 rings (SSSR count). The van der Waals surface area contributed by atoms with Gasteiger partial charge in [0.15, 0.2) is 0 Å². The van der Waals surface area contributed by atoms with E-state index in [0.717, 1.165) is 5.56 Å². The number of para-hydroxylation sites is 1. The van der Waals surface area contributed by atoms with Gasteiger partial charge in [-0.25, -0.2) is 4.79 Å². The number of aryl methyl sites for hydroxylation is 1. The molecule has 6 heteroatoms. The largest absolute Gasteiger partial charge is 0.480 e. The molecule has 0 aliphatic rings. The lowest BCUT2D eigenvalue weighted by atomic mass is 10.1. The molecule has 0 radical (unpaired) electrons. The van der Waals surface area contributed by atoms with Crippen molar-refractivity contribution < 1.29 is 19.4 Å². The monoisotopic (exact) mass is 294 g/mol. The highest BCUT2D eigenvalue weighted by Crippen LogP contribution is 2.12. The molecule has 0 spiro atoms. The van der Waals surface area contributed by atoms with Crippen LogP contribution in [0.4, 0.5) is 5.69 Å². The van der Waals surface area contributed by atoms with Gasteiger partial charge in [0, 0.05) is 25.8 Å². The predicted molar refractivity (Wildman–Crippen MR) is 79.9 cm³/mol. The van der Waals surface area contributed by atoms with Gasteiger partial charge >= 0.3 is 5.97 Å². The molecular weight excluding hydrogens is 272 g/mol. The summed E-state index contributed by atoms with van der Waals surface area (Å²) in [6.45, 7) is 0.472. The van der Waals surface area contributed by atoms with Crippen LogP contribution in [-0.2, 0) is 20.7 Å². The summed E-state index contributed by atoms with van der Waals surface area (Å²) < 4.78 is 4.88. The summed E-state index contributed by atoms with van der Waals surface area (Å²) in [5.74, 6) is -1.32. The van der Waals surface area contributed by atoms with E-state index in [1.807, 2.05) is 18.2 Å². The Balaban J connectivity index is 2.43. The zero-order chi connectivity index (χ0) is 15.7. The normalized spacial score (nSPS) is 11.9. The van der Waals surface area contributed by atoms with Crippen molar-refractivity contribution in [3.8, 4) is 0 Å². The van der Waals surface area contributed by atoms with Gasteiger partial charge in [0.25, 0.3) is 0 Å². The molecule has 1 unspecified atom stereocenters. The second-order valence-corrected chi connectivity index (χ2v) is 4.79. The maximum Gasteiger partial charge on any atom is 0.326 e. The molecule has 0 aliphatic carbocycles. The molecule has 1 aromatic rings. The van der Waals surface area contributed by atoms with E-state index < -0.39 is 12.0 Å². The number of nitrogens with one attached hydrogen (secondary N) is 1. The molecule has 1 atom stereocenters. The van der Waals surface area contributed by atoms with E-state index >= 15 is 0 Å². The molecule has 0 saturated heterocycles. The van der Waals surface area contributed by atoms with E-state index in [-0.39, 0.29) is 12.3 Å². The summed E-state index contributed by atoms with van der Waals surface area (Å²) in [6.07, 6.45) is 1.63. The van der Waals surface area contributed by atoms with Crippen LogP contribution in [0.5, 0.6) is 0 Å². The van der Waals surface area contributed by atoms with Gasteiger partial charge in [-0.1, -0.05) is 18.2 Å². The predicted octanol–water partition coefficient (Wildman–Crippen LogP) is 1.20. The molecule has 21 heavy (non-hydrogen) atoms. The zero-order valence-corrected chi connectivity index (χ0v) is 12.2. The van der Waals surface area contributed by atoms with Crippen LogP contribution in [0.3, 0.4) is 0 Å². The molecule has 1 amide bonds. The standard InChI is InChI=1S/C15H22N2O4/c1-21-10-4-7-13(15(19)20)17-14(18)9-8-11-5-2-3-6-12(11)16/h2-3,5-6,13H,4,7-10,16H2,1H3,(H,17,18)(H,19,20). The number of nitrogens with two attached hydrogens (primary N) is 1. The molecule has 0 fully saturated rings. The molecular formula is C15H22N2O4. The number of benzene rings is 1. The SMILES string of the molecule is COCCCC(NC(=O)CCc1ccccc1N)C(=O)O. The number of nitrogen functional groups attached to an aromatic ring is 1. The van der Waals surface area contributed by atoms with Gasteiger partial charge in [-0.3, -0.25) is 4.79 Å². The van der Waals surface area contributed by atoms with Crippen LogP contribution in [-0.4, -0.2) is 36.7 Å². The maximum absolute atomic E-state index is 11.8. The average molecular weight is 294 g/mol. The first kappa shape index (κ1) is 17.0. The molecule has 0 aliphatic heterocycles. The fourth-order valence-corrected chi connectivity index (χ4v) is 1.97. The first-order chi connectivity index (χ1) is 10.0. The number of amides is 1. The molecule has 116 valence electrons. The second-order valence-electron chi connectivity index (χ2n) is 4.79. The van der Waals surface area contributed by atoms with Gasteiger partial charge in [-0.15, -0.1) is 0 Å². The Hall–Kier alpha value is -2.08. The second kappa shape index (κ2) is 8.97. The van der Waals surface area contributed by atoms with Crippen molar-refractivity contribution >= 4 is 17.6 Å². The highest BCUT2D eigenvalue weighted by molar-refractivity contribution is 5.83. The summed E-state index contributed by atoms with van der Waals surface area (Å²) in [5, 5.41) is 11.6. The van der Waals surface area contributed by atoms with Gasteiger partial charge in [-0.05, 0) is 30.9 Å². The molecule has 6 nitrogen and oxygen atoms in total. The number of aliphatic carboxylic acids is 1. The van der Waals surface area contributed by atoms with Crippen molar-refractivity contribution in [3.05, 3.63) is 29.8 Å². The molecule has 1 aromatic carbocycles. The number of methoxy groups -OCH3 is 1. The Morgan fingerprint density at radius 3 is 2.71 bits per heavy atom. The number of rotatable bonds is 9. The zero-order valence-electron chi connectivity index (χ0n) is 12.2. The lowest BCUT2D eigenvalue weighted by Gasteiger charge is -2.14. The molecule has 0 aromatic heterocycles. The Bertz CT molecular complexity index is 476. The summed E-state index contributed by atoms with van der Waals surface area (Å²) in [7, 11) is 1.55. The van der Waals surface area contributed by atoms with Crippen molar-refractivity contribution in [2.75, 3.05) is 19.5 Å². The van der Waals surface area contributed by atoms with Crippen LogP contribution in [0.1, 0.15) is 24.8 Å². The van der Waals surface area contributed by atoms with Crippen LogP contribution in [0.2, 0.25) is 0 Å². The van der Waals surface area contributed by atoms with E-state index in [4.69, 9.17) is 15.6 Å². The minimum atomic E-state index is -1.03. The summed E-state index contributed by atoms with van der Waals surface area (Å²) in [6, 6.07) is 6.44. The van der Waals surface area contributed by atoms with E-state index in [9.17, 15) is 9.59 Å². The topological polar surface area (TPSA) is 102 Å². The number of carboxylic acid groups (broad SMARTS) is 1. The Labute approximate surface area is 124 Å². The van der Waals surface area contributed by atoms with Crippen molar-refractivity contribution in [1.82, 2.24) is 5.32 Å². The fourth-order valence-electron chi connectivity index (χ4n) is 1.97. The Morgan fingerprint density at radius 2 is 2.10 bits per heavy atom. The Kier molecular flexibility index (Phi) is 7.25. The van der Waals surface area contributed by atoms with Gasteiger partial charge in [0.05, 0.1) is 0 Å². The van der Waals surface area contributed by atoms with Gasteiger partial charge in [0.2, 0.25) is 5.91 Å². The lowest BCUT2D eigenvalue weighted by molar-refractivity contribution is -0.142. The highest BCUT2D eigenvalue weighted by atomic mass is 16.5. The van der Waals surface area contributed by atoms with Crippen LogP contribution < -0.4 is 11.1 Å². The quantitative estimate of drug-likeness (QED) is 0.469. The number of hydrogen-bond acceptors (Lipinski definition) is 4. The van der Waals surface area contributed by atoms with Crippen LogP contribution in [0.25, 0.3) is 0 Å². The lowest BCUT2D eigenvalue weighted by Crippen LogP contribution is -2.41. The molecule has 0 saturated carbocycles. The van der Waals surface area contributed by atoms with Crippen molar-refractivity contribution in [2.24, 2.45) is 0 Å². The maximum atomic E-state index is 11.8. The Morgan fingerprint density at radius 1 is 1.38 bits per heavy atom. The van der Waals surface area contributed by atoms with E-state index in [0.29, 0.717) is 31.6 Å². The van der Waals surface area contributed by atoms with Gasteiger partial charge in [-0.2, -0.15) is 0 Å². The van der Waals surface area contributed by atoms with E-state index in [1.165, 1.54) is 0 Å². The number of ether oxygens (including phenoxy) is 1. The third-order valence-electron chi connectivity index (χ3n) is 3.15. The highest BCUT2D eigenvalue weighted by Gasteiger charge is 2.19.